The minimum Gasteiger partial charge on any atom is -0.364 e. The molecule has 0 radical (unpaired) electrons. The van der Waals surface area contributed by atoms with Gasteiger partial charge in [0.05, 0.1) is 28.7 Å². The highest BCUT2D eigenvalue weighted by molar-refractivity contribution is 6.02. The molecule has 0 bridgehead atoms. The van der Waals surface area contributed by atoms with Gasteiger partial charge < -0.3 is 11.1 Å². The van der Waals surface area contributed by atoms with Gasteiger partial charge in [0.1, 0.15) is 5.82 Å². The van der Waals surface area contributed by atoms with Gasteiger partial charge in [-0.05, 0) is 29.3 Å². The summed E-state index contributed by atoms with van der Waals surface area (Å²) in [6.07, 6.45) is 4.85. The fraction of sp³-hybridized carbons (Fsp3) is 0.0400. The Labute approximate surface area is 195 Å². The molecular formula is C25H20N8O. The largest absolute Gasteiger partial charge is 0.364 e. The van der Waals surface area contributed by atoms with Gasteiger partial charge in [-0.15, -0.1) is 0 Å². The quantitative estimate of drug-likeness (QED) is 0.354. The van der Waals surface area contributed by atoms with Gasteiger partial charge in [0, 0.05) is 18.6 Å². The second-order valence-corrected chi connectivity index (χ2v) is 7.42. The van der Waals surface area contributed by atoms with Crippen molar-refractivity contribution in [3.63, 3.8) is 0 Å². The number of carbonyl (C=O) groups excluding carboxylic acids is 1. The van der Waals surface area contributed by atoms with Crippen LogP contribution in [0.4, 0.5) is 16.6 Å². The van der Waals surface area contributed by atoms with E-state index in [9.17, 15) is 4.79 Å². The minimum absolute atomic E-state index is 0.108. The summed E-state index contributed by atoms with van der Waals surface area (Å²) in [4.78, 5) is 33.3. The van der Waals surface area contributed by atoms with E-state index in [4.69, 9.17) is 15.7 Å². The van der Waals surface area contributed by atoms with Gasteiger partial charge in [0.2, 0.25) is 5.95 Å². The molecule has 0 saturated heterocycles. The summed E-state index contributed by atoms with van der Waals surface area (Å²) in [6.45, 7) is 0.494. The topological polar surface area (TPSA) is 132 Å². The lowest BCUT2D eigenvalue weighted by Crippen LogP contribution is -2.20. The summed E-state index contributed by atoms with van der Waals surface area (Å²) < 4.78 is 0. The van der Waals surface area contributed by atoms with Crippen LogP contribution in [0.2, 0.25) is 0 Å². The number of amides is 2. The SMILES string of the molecule is NC(=O)Nc1ncc(-c2nc(NCc3ccccn3)c3c(-c4ccccc4)cccc3n2)cn1. The molecule has 2 amide bonds. The maximum Gasteiger partial charge on any atom is 0.319 e. The molecule has 0 unspecified atom stereocenters. The highest BCUT2D eigenvalue weighted by Gasteiger charge is 2.15. The molecule has 34 heavy (non-hydrogen) atoms. The summed E-state index contributed by atoms with van der Waals surface area (Å²) >= 11 is 0. The monoisotopic (exact) mass is 448 g/mol. The number of primary amides is 1. The molecule has 0 fully saturated rings. The van der Waals surface area contributed by atoms with E-state index in [1.807, 2.05) is 48.5 Å². The van der Waals surface area contributed by atoms with Gasteiger partial charge in [0.15, 0.2) is 5.82 Å². The average Bonchev–Trinajstić information content (AvgIpc) is 2.88. The molecule has 9 heteroatoms. The molecule has 4 N–H and O–H groups in total. The maximum atomic E-state index is 11.0. The summed E-state index contributed by atoms with van der Waals surface area (Å²) in [5, 5.41) is 6.68. The number of hydrogen-bond acceptors (Lipinski definition) is 7. The van der Waals surface area contributed by atoms with Crippen molar-refractivity contribution in [2.45, 2.75) is 6.54 Å². The van der Waals surface area contributed by atoms with Crippen LogP contribution < -0.4 is 16.4 Å². The van der Waals surface area contributed by atoms with Crippen LogP contribution in [0.3, 0.4) is 0 Å². The van der Waals surface area contributed by atoms with Crippen LogP contribution in [0, 0.1) is 0 Å². The molecule has 5 aromatic rings. The number of nitrogens with zero attached hydrogens (tertiary/aromatic N) is 5. The molecule has 3 aromatic heterocycles. The number of nitrogens with one attached hydrogen (secondary N) is 2. The van der Waals surface area contributed by atoms with Gasteiger partial charge >= 0.3 is 6.03 Å². The molecule has 3 heterocycles. The number of anilines is 2. The molecule has 5 rings (SSSR count). The van der Waals surface area contributed by atoms with Crippen LogP contribution in [-0.2, 0) is 6.54 Å². The number of carbonyl (C=O) groups is 1. The van der Waals surface area contributed by atoms with Crippen LogP contribution in [0.5, 0.6) is 0 Å². The number of hydrogen-bond donors (Lipinski definition) is 3. The summed E-state index contributed by atoms with van der Waals surface area (Å²) in [5.41, 5.74) is 9.47. The Balaban J connectivity index is 1.62. The normalized spacial score (nSPS) is 10.7. The van der Waals surface area contributed by atoms with Crippen LogP contribution in [0.15, 0.2) is 85.3 Å². The van der Waals surface area contributed by atoms with Gasteiger partial charge in [-0.3, -0.25) is 10.3 Å². The van der Waals surface area contributed by atoms with E-state index < -0.39 is 6.03 Å². The lowest BCUT2D eigenvalue weighted by molar-refractivity contribution is 0.259. The molecule has 0 aliphatic carbocycles. The van der Waals surface area contributed by atoms with Crippen LogP contribution in [0.25, 0.3) is 33.4 Å². The second-order valence-electron chi connectivity index (χ2n) is 7.42. The number of benzene rings is 2. The van der Waals surface area contributed by atoms with Crippen molar-refractivity contribution in [1.29, 1.82) is 0 Å². The second kappa shape index (κ2) is 9.29. The molecule has 0 saturated carbocycles. The van der Waals surface area contributed by atoms with E-state index in [2.05, 4.69) is 43.8 Å². The molecule has 0 spiro atoms. The Morgan fingerprint density at radius 2 is 1.62 bits per heavy atom. The molecule has 166 valence electrons. The van der Waals surface area contributed by atoms with Gasteiger partial charge in [-0.1, -0.05) is 48.5 Å². The van der Waals surface area contributed by atoms with E-state index in [1.54, 1.807) is 18.6 Å². The smallest absolute Gasteiger partial charge is 0.319 e. The van der Waals surface area contributed by atoms with E-state index in [0.717, 1.165) is 27.7 Å². The fourth-order valence-electron chi connectivity index (χ4n) is 3.59. The number of rotatable bonds is 6. The Kier molecular flexibility index (Phi) is 5.73. The number of urea groups is 1. The van der Waals surface area contributed by atoms with E-state index in [0.29, 0.717) is 23.8 Å². The number of nitrogens with two attached hydrogens (primary N) is 1. The summed E-state index contributed by atoms with van der Waals surface area (Å²) in [5.74, 6) is 1.23. The van der Waals surface area contributed by atoms with Crippen molar-refractivity contribution in [3.8, 4) is 22.5 Å². The van der Waals surface area contributed by atoms with Crippen LogP contribution in [0.1, 0.15) is 5.69 Å². The fourth-order valence-corrected chi connectivity index (χ4v) is 3.59. The third-order valence-electron chi connectivity index (χ3n) is 5.12. The van der Waals surface area contributed by atoms with Crippen molar-refractivity contribution in [3.05, 3.63) is 91.0 Å². The maximum absolute atomic E-state index is 11.0. The number of aromatic nitrogens is 5. The molecule has 0 aliphatic heterocycles. The van der Waals surface area contributed by atoms with E-state index in [-0.39, 0.29) is 5.95 Å². The van der Waals surface area contributed by atoms with Gasteiger partial charge in [0.25, 0.3) is 0 Å². The Hall–Kier alpha value is -4.92. The first-order valence-corrected chi connectivity index (χ1v) is 10.6. The third kappa shape index (κ3) is 4.49. The van der Waals surface area contributed by atoms with Gasteiger partial charge in [-0.25, -0.2) is 24.7 Å². The predicted molar refractivity (Wildman–Crippen MR) is 131 cm³/mol. The minimum atomic E-state index is -0.732. The number of pyridine rings is 1. The van der Waals surface area contributed by atoms with Gasteiger partial charge in [-0.2, -0.15) is 0 Å². The van der Waals surface area contributed by atoms with Crippen molar-refractivity contribution < 1.29 is 4.79 Å². The Bertz CT molecular complexity index is 1440. The number of fused-ring (bicyclic) bond motifs is 1. The molecule has 0 aliphatic rings. The first kappa shape index (κ1) is 21.0. The van der Waals surface area contributed by atoms with Crippen LogP contribution >= 0.6 is 0 Å². The highest BCUT2D eigenvalue weighted by Crippen LogP contribution is 2.34. The van der Waals surface area contributed by atoms with Crippen molar-refractivity contribution in [1.82, 2.24) is 24.9 Å². The Morgan fingerprint density at radius 3 is 2.35 bits per heavy atom. The lowest BCUT2D eigenvalue weighted by Gasteiger charge is -2.14. The summed E-state index contributed by atoms with van der Waals surface area (Å²) in [6, 6.07) is 21.1. The molecule has 9 nitrogen and oxygen atoms in total. The Morgan fingerprint density at radius 1 is 0.824 bits per heavy atom. The first-order chi connectivity index (χ1) is 16.7. The van der Waals surface area contributed by atoms with Crippen LogP contribution in [-0.4, -0.2) is 31.0 Å². The van der Waals surface area contributed by atoms with E-state index >= 15 is 0 Å². The van der Waals surface area contributed by atoms with E-state index in [1.165, 1.54) is 0 Å². The highest BCUT2D eigenvalue weighted by atomic mass is 16.2. The first-order valence-electron chi connectivity index (χ1n) is 10.6. The third-order valence-corrected chi connectivity index (χ3v) is 5.12. The zero-order valence-electron chi connectivity index (χ0n) is 18.0. The molecular weight excluding hydrogens is 428 g/mol. The molecule has 0 atom stereocenters. The standard InChI is InChI=1S/C25H20N8O/c26-24(34)33-25-29-13-17(14-30-25)22-31-20-11-6-10-19(16-7-2-1-3-8-16)21(20)23(32-22)28-15-18-9-4-5-12-27-18/h1-14H,15H2,(H,28,31,32)(H3,26,29,30,33,34). The van der Waals surface area contributed by atoms with Crippen molar-refractivity contribution in [2.75, 3.05) is 10.6 Å². The van der Waals surface area contributed by atoms with Crippen molar-refractivity contribution >= 4 is 28.7 Å². The lowest BCUT2D eigenvalue weighted by atomic mass is 10.0. The zero-order chi connectivity index (χ0) is 23.3. The summed E-state index contributed by atoms with van der Waals surface area (Å²) in [7, 11) is 0. The predicted octanol–water partition coefficient (Wildman–Crippen LogP) is 4.25. The van der Waals surface area contributed by atoms with Crippen molar-refractivity contribution in [2.24, 2.45) is 5.73 Å². The zero-order valence-corrected chi connectivity index (χ0v) is 18.0. The molecule has 2 aromatic carbocycles. The average molecular weight is 448 g/mol.